The van der Waals surface area contributed by atoms with Crippen molar-refractivity contribution < 1.29 is 23.4 Å². The van der Waals surface area contributed by atoms with Crippen LogP contribution in [0, 0.1) is 0 Å². The molecule has 0 radical (unpaired) electrons. The van der Waals surface area contributed by atoms with Crippen LogP contribution in [0.2, 0.25) is 0 Å². The SMILES string of the molecule is CCN(CC)S(=O)(=O)c1ccc(O)c(NC(=O)c2cc3ccccc3cc2O)c1. The van der Waals surface area contributed by atoms with Gasteiger partial charge in [0.15, 0.2) is 0 Å². The zero-order valence-electron chi connectivity index (χ0n) is 16.1. The largest absolute Gasteiger partial charge is 0.507 e. The summed E-state index contributed by atoms with van der Waals surface area (Å²) in [7, 11) is -3.76. The lowest BCUT2D eigenvalue weighted by Gasteiger charge is -2.19. The Morgan fingerprint density at radius 3 is 2.17 bits per heavy atom. The molecular weight excluding hydrogens is 392 g/mol. The Morgan fingerprint density at radius 2 is 1.55 bits per heavy atom. The van der Waals surface area contributed by atoms with E-state index >= 15 is 0 Å². The highest BCUT2D eigenvalue weighted by Crippen LogP contribution is 2.30. The van der Waals surface area contributed by atoms with Gasteiger partial charge in [0.1, 0.15) is 11.5 Å². The first-order chi connectivity index (χ1) is 13.8. The third kappa shape index (κ3) is 4.03. The molecule has 8 heteroatoms. The van der Waals surface area contributed by atoms with Crippen LogP contribution in [0.5, 0.6) is 11.5 Å². The molecule has 3 aromatic rings. The Bertz CT molecular complexity index is 1170. The molecule has 0 heterocycles. The Morgan fingerprint density at radius 1 is 0.931 bits per heavy atom. The highest BCUT2D eigenvalue weighted by Gasteiger charge is 2.23. The highest BCUT2D eigenvalue weighted by atomic mass is 32.2. The summed E-state index contributed by atoms with van der Waals surface area (Å²) in [5.74, 6) is -1.16. The number of phenolic OH excluding ortho intramolecular Hbond substituents is 2. The van der Waals surface area contributed by atoms with Crippen molar-refractivity contribution in [2.75, 3.05) is 18.4 Å². The second-order valence-electron chi connectivity index (χ2n) is 6.44. The summed E-state index contributed by atoms with van der Waals surface area (Å²) in [5, 5.41) is 24.3. The zero-order valence-corrected chi connectivity index (χ0v) is 16.9. The number of rotatable bonds is 6. The van der Waals surface area contributed by atoms with E-state index in [9.17, 15) is 23.4 Å². The number of phenols is 2. The highest BCUT2D eigenvalue weighted by molar-refractivity contribution is 7.89. The number of carbonyl (C=O) groups excluding carboxylic acids is 1. The fourth-order valence-electron chi connectivity index (χ4n) is 3.09. The summed E-state index contributed by atoms with van der Waals surface area (Å²) in [6.45, 7) is 4.05. The average molecular weight is 414 g/mol. The minimum atomic E-state index is -3.76. The molecule has 7 nitrogen and oxygen atoms in total. The summed E-state index contributed by atoms with van der Waals surface area (Å²) in [6, 6.07) is 14.0. The molecule has 0 bridgehead atoms. The Kier molecular flexibility index (Phi) is 5.76. The lowest BCUT2D eigenvalue weighted by Crippen LogP contribution is -2.30. The first-order valence-electron chi connectivity index (χ1n) is 9.14. The Hall–Kier alpha value is -3.10. The van der Waals surface area contributed by atoms with Crippen LogP contribution in [0.1, 0.15) is 24.2 Å². The molecule has 3 N–H and O–H groups in total. The van der Waals surface area contributed by atoms with Gasteiger partial charge >= 0.3 is 0 Å². The molecule has 0 fully saturated rings. The summed E-state index contributed by atoms with van der Waals surface area (Å²) >= 11 is 0. The van der Waals surface area contributed by atoms with E-state index in [2.05, 4.69) is 5.32 Å². The van der Waals surface area contributed by atoms with Crippen LogP contribution in [0.15, 0.2) is 59.5 Å². The van der Waals surface area contributed by atoms with Crippen molar-refractivity contribution in [3.8, 4) is 11.5 Å². The van der Waals surface area contributed by atoms with E-state index in [1.165, 1.54) is 34.6 Å². The maximum absolute atomic E-state index is 12.7. The maximum atomic E-state index is 12.7. The van der Waals surface area contributed by atoms with E-state index in [1.54, 1.807) is 19.9 Å². The smallest absolute Gasteiger partial charge is 0.259 e. The molecule has 152 valence electrons. The van der Waals surface area contributed by atoms with Crippen molar-refractivity contribution in [3.63, 3.8) is 0 Å². The first-order valence-corrected chi connectivity index (χ1v) is 10.6. The van der Waals surface area contributed by atoms with Crippen molar-refractivity contribution in [3.05, 3.63) is 60.2 Å². The predicted octanol–water partition coefficient (Wildman–Crippen LogP) is 3.53. The van der Waals surface area contributed by atoms with Gasteiger partial charge in [0.05, 0.1) is 16.1 Å². The van der Waals surface area contributed by atoms with Gasteiger partial charge < -0.3 is 15.5 Å². The fourth-order valence-corrected chi connectivity index (χ4v) is 4.57. The second kappa shape index (κ2) is 8.10. The van der Waals surface area contributed by atoms with Gasteiger partial charge in [-0.3, -0.25) is 4.79 Å². The van der Waals surface area contributed by atoms with Gasteiger partial charge in [-0.1, -0.05) is 38.1 Å². The molecule has 0 unspecified atom stereocenters. The molecule has 3 rings (SSSR count). The zero-order chi connectivity index (χ0) is 21.2. The predicted molar refractivity (Wildman–Crippen MR) is 112 cm³/mol. The van der Waals surface area contributed by atoms with Crippen LogP contribution in [0.25, 0.3) is 10.8 Å². The summed E-state index contributed by atoms with van der Waals surface area (Å²) < 4.78 is 26.7. The van der Waals surface area contributed by atoms with Gasteiger partial charge in [0, 0.05) is 13.1 Å². The lowest BCUT2D eigenvalue weighted by atomic mass is 10.1. The Labute approximate surface area is 169 Å². The monoisotopic (exact) mass is 414 g/mol. The van der Waals surface area contributed by atoms with Crippen LogP contribution in [-0.2, 0) is 10.0 Å². The van der Waals surface area contributed by atoms with Crippen molar-refractivity contribution in [2.24, 2.45) is 0 Å². The molecule has 3 aromatic carbocycles. The number of aromatic hydroxyl groups is 2. The molecule has 0 aromatic heterocycles. The number of nitrogens with one attached hydrogen (secondary N) is 1. The minimum Gasteiger partial charge on any atom is -0.507 e. The van der Waals surface area contributed by atoms with Gasteiger partial charge in [-0.25, -0.2) is 8.42 Å². The number of nitrogens with zero attached hydrogens (tertiary/aromatic N) is 1. The summed E-state index contributed by atoms with van der Waals surface area (Å²) in [5.41, 5.74) is -0.0455. The van der Waals surface area contributed by atoms with E-state index < -0.39 is 15.9 Å². The van der Waals surface area contributed by atoms with Gasteiger partial charge in [-0.2, -0.15) is 4.31 Å². The maximum Gasteiger partial charge on any atom is 0.259 e. The molecule has 0 aliphatic carbocycles. The van der Waals surface area contributed by atoms with Gasteiger partial charge in [-0.05, 0) is 41.1 Å². The summed E-state index contributed by atoms with van der Waals surface area (Å²) in [6.07, 6.45) is 0. The molecule has 0 saturated heterocycles. The van der Waals surface area contributed by atoms with Crippen molar-refractivity contribution >= 4 is 32.4 Å². The standard InChI is InChI=1S/C21H22N2O5S/c1-3-23(4-2)29(27,28)16-9-10-19(24)18(13-16)22-21(26)17-11-14-7-5-6-8-15(14)12-20(17)25/h5-13,24-25H,3-4H2,1-2H3,(H,22,26). The molecule has 0 atom stereocenters. The van der Waals surface area contributed by atoms with Crippen LogP contribution in [0.4, 0.5) is 5.69 Å². The first kappa shape index (κ1) is 20.6. The number of hydrogen-bond acceptors (Lipinski definition) is 5. The molecule has 1 amide bonds. The van der Waals surface area contributed by atoms with Crippen molar-refractivity contribution in [1.29, 1.82) is 0 Å². The number of benzene rings is 3. The minimum absolute atomic E-state index is 0.0140. The van der Waals surface area contributed by atoms with E-state index in [1.807, 2.05) is 18.2 Å². The number of carbonyl (C=O) groups is 1. The molecule has 0 aliphatic rings. The van der Waals surface area contributed by atoms with E-state index in [-0.39, 0.29) is 27.6 Å². The van der Waals surface area contributed by atoms with Gasteiger partial charge in [0.25, 0.3) is 5.91 Å². The molecule has 0 aliphatic heterocycles. The van der Waals surface area contributed by atoms with Crippen LogP contribution in [0.3, 0.4) is 0 Å². The summed E-state index contributed by atoms with van der Waals surface area (Å²) in [4.78, 5) is 12.7. The fraction of sp³-hybridized carbons (Fsp3) is 0.190. The van der Waals surface area contributed by atoms with Gasteiger partial charge in [0.2, 0.25) is 10.0 Å². The average Bonchev–Trinajstić information content (AvgIpc) is 2.69. The van der Waals surface area contributed by atoms with E-state index in [0.29, 0.717) is 13.1 Å². The number of anilines is 1. The van der Waals surface area contributed by atoms with E-state index in [4.69, 9.17) is 0 Å². The third-order valence-corrected chi connectivity index (χ3v) is 6.71. The molecular formula is C21H22N2O5S. The normalized spacial score (nSPS) is 11.7. The Balaban J connectivity index is 1.96. The van der Waals surface area contributed by atoms with Crippen molar-refractivity contribution in [2.45, 2.75) is 18.7 Å². The molecule has 0 saturated carbocycles. The second-order valence-corrected chi connectivity index (χ2v) is 8.38. The van der Waals surface area contributed by atoms with Gasteiger partial charge in [-0.15, -0.1) is 0 Å². The van der Waals surface area contributed by atoms with Crippen LogP contribution in [-0.4, -0.2) is 41.9 Å². The number of hydrogen-bond donors (Lipinski definition) is 3. The van der Waals surface area contributed by atoms with Crippen LogP contribution < -0.4 is 5.32 Å². The molecule has 29 heavy (non-hydrogen) atoms. The van der Waals surface area contributed by atoms with Crippen LogP contribution >= 0.6 is 0 Å². The quantitative estimate of drug-likeness (QED) is 0.535. The lowest BCUT2D eigenvalue weighted by molar-refractivity contribution is 0.102. The number of amides is 1. The number of fused-ring (bicyclic) bond motifs is 1. The van der Waals surface area contributed by atoms with E-state index in [0.717, 1.165) is 10.8 Å². The molecule has 0 spiro atoms. The topological polar surface area (TPSA) is 107 Å². The number of sulfonamides is 1. The van der Waals surface area contributed by atoms with Crippen molar-refractivity contribution in [1.82, 2.24) is 4.31 Å². The third-order valence-electron chi connectivity index (χ3n) is 4.67.